The summed E-state index contributed by atoms with van der Waals surface area (Å²) in [6.45, 7) is 1.33. The minimum Gasteiger partial charge on any atom is -0.396 e. The second kappa shape index (κ2) is 7.16. The summed E-state index contributed by atoms with van der Waals surface area (Å²) in [5.74, 6) is 0. The molecule has 0 aliphatic rings. The van der Waals surface area contributed by atoms with Gasteiger partial charge >= 0.3 is 0 Å². The summed E-state index contributed by atoms with van der Waals surface area (Å²) in [6, 6.07) is 13.0. The Morgan fingerprint density at radius 1 is 0.773 bits per heavy atom. The van der Waals surface area contributed by atoms with Crippen LogP contribution in [0, 0.1) is 0 Å². The SMILES string of the molecule is OCCCCCCn1c2ccc(Br)cc2c2cc(Br)ccc21. The van der Waals surface area contributed by atoms with Gasteiger partial charge < -0.3 is 9.67 Å². The van der Waals surface area contributed by atoms with Crippen LogP contribution in [0.3, 0.4) is 0 Å². The first-order chi connectivity index (χ1) is 10.7. The highest BCUT2D eigenvalue weighted by molar-refractivity contribution is 9.10. The van der Waals surface area contributed by atoms with Crippen molar-refractivity contribution in [2.45, 2.75) is 32.2 Å². The largest absolute Gasteiger partial charge is 0.396 e. The van der Waals surface area contributed by atoms with Crippen molar-refractivity contribution in [3.63, 3.8) is 0 Å². The van der Waals surface area contributed by atoms with Crippen LogP contribution in [0.25, 0.3) is 21.8 Å². The summed E-state index contributed by atoms with van der Waals surface area (Å²) in [6.07, 6.45) is 4.32. The molecule has 0 atom stereocenters. The molecule has 3 aromatic rings. The number of rotatable bonds is 6. The van der Waals surface area contributed by atoms with Crippen molar-refractivity contribution in [3.05, 3.63) is 45.3 Å². The lowest BCUT2D eigenvalue weighted by atomic mass is 10.2. The number of aliphatic hydroxyl groups excluding tert-OH is 1. The number of unbranched alkanes of at least 4 members (excludes halogenated alkanes) is 3. The second-order valence-corrected chi connectivity index (χ2v) is 7.44. The lowest BCUT2D eigenvalue weighted by Gasteiger charge is -2.07. The molecule has 3 rings (SSSR count). The number of hydrogen-bond donors (Lipinski definition) is 1. The first-order valence-corrected chi connectivity index (χ1v) is 9.27. The molecule has 0 saturated carbocycles. The first-order valence-electron chi connectivity index (χ1n) is 7.68. The van der Waals surface area contributed by atoms with Crippen molar-refractivity contribution < 1.29 is 5.11 Å². The van der Waals surface area contributed by atoms with Gasteiger partial charge in [-0.3, -0.25) is 0 Å². The normalized spacial score (nSPS) is 11.6. The molecule has 1 heterocycles. The van der Waals surface area contributed by atoms with Crippen LogP contribution in [-0.4, -0.2) is 16.3 Å². The Morgan fingerprint density at radius 2 is 1.32 bits per heavy atom. The van der Waals surface area contributed by atoms with E-state index in [4.69, 9.17) is 5.11 Å². The highest BCUT2D eigenvalue weighted by atomic mass is 79.9. The van der Waals surface area contributed by atoms with E-state index >= 15 is 0 Å². The Hall–Kier alpha value is -0.840. The molecule has 4 heteroatoms. The highest BCUT2D eigenvalue weighted by Crippen LogP contribution is 2.33. The smallest absolute Gasteiger partial charge is 0.0492 e. The van der Waals surface area contributed by atoms with Crippen LogP contribution in [-0.2, 0) is 6.54 Å². The maximum atomic E-state index is 8.87. The van der Waals surface area contributed by atoms with Crippen LogP contribution in [0.1, 0.15) is 25.7 Å². The lowest BCUT2D eigenvalue weighted by Crippen LogP contribution is -1.98. The average molecular weight is 425 g/mol. The Labute approximate surface area is 147 Å². The molecule has 0 fully saturated rings. The molecule has 0 amide bonds. The molecule has 2 aromatic carbocycles. The van der Waals surface area contributed by atoms with E-state index < -0.39 is 0 Å². The highest BCUT2D eigenvalue weighted by Gasteiger charge is 2.11. The minimum absolute atomic E-state index is 0.303. The number of benzene rings is 2. The van der Waals surface area contributed by atoms with E-state index in [1.807, 2.05) is 0 Å². The fourth-order valence-corrected chi connectivity index (χ4v) is 3.75. The Balaban J connectivity index is 1.99. The molecule has 0 bridgehead atoms. The van der Waals surface area contributed by atoms with E-state index in [1.165, 1.54) is 21.8 Å². The third-order valence-corrected chi connectivity index (χ3v) is 5.07. The summed E-state index contributed by atoms with van der Waals surface area (Å²) < 4.78 is 4.65. The zero-order chi connectivity index (χ0) is 15.5. The number of nitrogens with zero attached hydrogens (tertiary/aromatic N) is 1. The lowest BCUT2D eigenvalue weighted by molar-refractivity contribution is 0.282. The van der Waals surface area contributed by atoms with Gasteiger partial charge in [0.15, 0.2) is 0 Å². The van der Waals surface area contributed by atoms with Crippen molar-refractivity contribution in [2.75, 3.05) is 6.61 Å². The van der Waals surface area contributed by atoms with E-state index in [2.05, 4.69) is 72.8 Å². The van der Waals surface area contributed by atoms with Gasteiger partial charge in [-0.2, -0.15) is 0 Å². The summed E-state index contributed by atoms with van der Waals surface area (Å²) in [5.41, 5.74) is 2.58. The molecular formula is C18H19Br2NO. The number of halogens is 2. The fourth-order valence-electron chi connectivity index (χ4n) is 3.02. The first kappa shape index (κ1) is 16.0. The summed E-state index contributed by atoms with van der Waals surface area (Å²) in [5, 5.41) is 11.5. The molecule has 22 heavy (non-hydrogen) atoms. The molecule has 2 nitrogen and oxygen atoms in total. The Kier molecular flexibility index (Phi) is 5.21. The molecule has 0 saturated heterocycles. The molecule has 0 radical (unpaired) electrons. The van der Waals surface area contributed by atoms with Crippen molar-refractivity contribution >= 4 is 53.7 Å². The Bertz CT molecular complexity index is 735. The third kappa shape index (κ3) is 3.24. The van der Waals surface area contributed by atoms with Crippen molar-refractivity contribution in [1.29, 1.82) is 0 Å². The molecule has 116 valence electrons. The van der Waals surface area contributed by atoms with Crippen LogP contribution in [0.15, 0.2) is 45.3 Å². The van der Waals surface area contributed by atoms with Gasteiger partial charge in [0.25, 0.3) is 0 Å². The van der Waals surface area contributed by atoms with Crippen LogP contribution >= 0.6 is 31.9 Å². The van der Waals surface area contributed by atoms with Crippen LogP contribution in [0.4, 0.5) is 0 Å². The number of hydrogen-bond acceptors (Lipinski definition) is 1. The van der Waals surface area contributed by atoms with Gasteiger partial charge in [-0.1, -0.05) is 44.7 Å². The topological polar surface area (TPSA) is 25.2 Å². The number of aryl methyl sites for hydroxylation is 1. The van der Waals surface area contributed by atoms with Gasteiger partial charge in [0.05, 0.1) is 0 Å². The minimum atomic E-state index is 0.303. The summed E-state index contributed by atoms with van der Waals surface area (Å²) in [4.78, 5) is 0. The second-order valence-electron chi connectivity index (χ2n) is 5.61. The zero-order valence-corrected chi connectivity index (χ0v) is 15.5. The predicted molar refractivity (Wildman–Crippen MR) is 100 cm³/mol. The maximum Gasteiger partial charge on any atom is 0.0492 e. The molecule has 0 aliphatic carbocycles. The number of aliphatic hydroxyl groups is 1. The molecule has 0 unspecified atom stereocenters. The summed E-state index contributed by atoms with van der Waals surface area (Å²) in [7, 11) is 0. The van der Waals surface area contributed by atoms with Crippen molar-refractivity contribution in [1.82, 2.24) is 4.57 Å². The monoisotopic (exact) mass is 423 g/mol. The van der Waals surface area contributed by atoms with E-state index in [1.54, 1.807) is 0 Å². The van der Waals surface area contributed by atoms with E-state index in [0.29, 0.717) is 6.61 Å². The quantitative estimate of drug-likeness (QED) is 0.491. The van der Waals surface area contributed by atoms with E-state index in [-0.39, 0.29) is 0 Å². The zero-order valence-electron chi connectivity index (χ0n) is 12.4. The fraction of sp³-hybridized carbons (Fsp3) is 0.333. The standard InChI is InChI=1S/C18H19Br2NO/c19-13-5-7-17-15(11-13)16-12-14(20)6-8-18(16)21(17)9-3-1-2-4-10-22/h5-8,11-12,22H,1-4,9-10H2. The van der Waals surface area contributed by atoms with Crippen molar-refractivity contribution in [3.8, 4) is 0 Å². The number of aromatic nitrogens is 1. The van der Waals surface area contributed by atoms with Gasteiger partial charge in [-0.15, -0.1) is 0 Å². The van der Waals surface area contributed by atoms with E-state index in [0.717, 1.165) is 41.2 Å². The van der Waals surface area contributed by atoms with Gasteiger partial charge in [0.1, 0.15) is 0 Å². The van der Waals surface area contributed by atoms with Crippen molar-refractivity contribution in [2.24, 2.45) is 0 Å². The van der Waals surface area contributed by atoms with Crippen LogP contribution in [0.2, 0.25) is 0 Å². The van der Waals surface area contributed by atoms with Gasteiger partial charge in [-0.05, 0) is 49.2 Å². The molecule has 0 aliphatic heterocycles. The molecule has 1 aromatic heterocycles. The average Bonchev–Trinajstić information content (AvgIpc) is 2.80. The molecule has 1 N–H and O–H groups in total. The van der Waals surface area contributed by atoms with E-state index in [9.17, 15) is 0 Å². The van der Waals surface area contributed by atoms with Gasteiger partial charge in [-0.25, -0.2) is 0 Å². The summed E-state index contributed by atoms with van der Waals surface area (Å²) >= 11 is 7.16. The molecular weight excluding hydrogens is 406 g/mol. The number of fused-ring (bicyclic) bond motifs is 3. The van der Waals surface area contributed by atoms with Gasteiger partial charge in [0.2, 0.25) is 0 Å². The third-order valence-electron chi connectivity index (χ3n) is 4.08. The Morgan fingerprint density at radius 3 is 1.86 bits per heavy atom. The van der Waals surface area contributed by atoms with Crippen LogP contribution < -0.4 is 0 Å². The van der Waals surface area contributed by atoms with Crippen LogP contribution in [0.5, 0.6) is 0 Å². The maximum absolute atomic E-state index is 8.87. The molecule has 0 spiro atoms. The predicted octanol–water partition coefficient (Wildman–Crippen LogP) is 5.87. The van der Waals surface area contributed by atoms with Gasteiger partial charge in [0, 0.05) is 43.9 Å².